The van der Waals surface area contributed by atoms with Gasteiger partial charge in [0, 0.05) is 39.9 Å². The van der Waals surface area contributed by atoms with Gasteiger partial charge in [0.1, 0.15) is 6.29 Å². The molecule has 10 atom stereocenters. The molecule has 4 fully saturated rings. The minimum Gasteiger partial charge on any atom is -0.392 e. The van der Waals surface area contributed by atoms with Crippen LogP contribution in [0.25, 0.3) is 10.9 Å². The molecule has 2 aromatic rings. The van der Waals surface area contributed by atoms with Crippen molar-refractivity contribution in [1.29, 1.82) is 0 Å². The van der Waals surface area contributed by atoms with Crippen molar-refractivity contribution in [2.24, 2.45) is 34.5 Å². The van der Waals surface area contributed by atoms with Crippen LogP contribution in [0.15, 0.2) is 12.1 Å². The SMILES string of the molecule is CC(C)(O)C1CC(O)C2(C=O)C(CCC3(C)C2CCC2Cc4c([nH]c5ccc6c(c45)CC4C(C6=O)C(C)(C)OC4(C)C)C23C)O1. The van der Waals surface area contributed by atoms with E-state index in [9.17, 15) is 19.8 Å². The molecule has 2 aliphatic heterocycles. The standard InChI is InChI=1S/C38H51NO6/c1-33(2,43)28-17-26(41)38(18-40)25-12-9-19-15-22-29-21-16-23-30(35(5,6)45-34(23,3)4)31(42)20(21)10-11-24(29)39-32(22)37(19,8)36(25,7)14-13-27(38)44-28/h10-11,18-19,23,25-28,30,39,41,43H,9,12-17H2,1-8H3. The number of hydrogen-bond acceptors (Lipinski definition) is 6. The van der Waals surface area contributed by atoms with E-state index in [1.807, 2.05) is 6.07 Å². The van der Waals surface area contributed by atoms with Crippen LogP contribution in [0.5, 0.6) is 0 Å². The topological polar surface area (TPSA) is 109 Å². The maximum atomic E-state index is 14.2. The van der Waals surface area contributed by atoms with Gasteiger partial charge in [-0.15, -0.1) is 0 Å². The van der Waals surface area contributed by atoms with Gasteiger partial charge in [0.15, 0.2) is 5.78 Å². The number of aromatic nitrogens is 1. The second kappa shape index (κ2) is 8.89. The largest absolute Gasteiger partial charge is 0.392 e. The number of carbonyl (C=O) groups is 2. The molecule has 45 heavy (non-hydrogen) atoms. The number of fused-ring (bicyclic) bond motifs is 12. The molecule has 3 heterocycles. The first-order valence-corrected chi connectivity index (χ1v) is 17.4. The number of aliphatic hydroxyl groups excluding tert-OH is 1. The molecule has 6 aliphatic rings. The second-order valence-electron chi connectivity index (χ2n) is 17.8. The van der Waals surface area contributed by atoms with Crippen LogP contribution in [-0.4, -0.2) is 62.4 Å². The smallest absolute Gasteiger partial charge is 0.169 e. The van der Waals surface area contributed by atoms with Crippen molar-refractivity contribution in [3.8, 4) is 0 Å². The van der Waals surface area contributed by atoms with Gasteiger partial charge in [-0.1, -0.05) is 13.8 Å². The van der Waals surface area contributed by atoms with Crippen LogP contribution in [0.3, 0.4) is 0 Å². The second-order valence-corrected chi connectivity index (χ2v) is 17.8. The van der Waals surface area contributed by atoms with Crippen LogP contribution >= 0.6 is 0 Å². The highest BCUT2D eigenvalue weighted by Gasteiger charge is 2.71. The predicted molar refractivity (Wildman–Crippen MR) is 171 cm³/mol. The third-order valence-electron chi connectivity index (χ3n) is 14.7. The van der Waals surface area contributed by atoms with Gasteiger partial charge in [-0.3, -0.25) is 4.79 Å². The summed E-state index contributed by atoms with van der Waals surface area (Å²) in [6.45, 7) is 16.6. The van der Waals surface area contributed by atoms with Gasteiger partial charge < -0.3 is 29.5 Å². The Bertz CT molecular complexity index is 1630. The number of aromatic amines is 1. The van der Waals surface area contributed by atoms with E-state index in [1.54, 1.807) is 13.8 Å². The quantitative estimate of drug-likeness (QED) is 0.366. The summed E-state index contributed by atoms with van der Waals surface area (Å²) in [4.78, 5) is 31.4. The van der Waals surface area contributed by atoms with Crippen LogP contribution in [-0.2, 0) is 32.5 Å². The average molecular weight is 618 g/mol. The lowest BCUT2D eigenvalue weighted by molar-refractivity contribution is -0.271. The van der Waals surface area contributed by atoms with Gasteiger partial charge in [0.05, 0.1) is 46.4 Å². The molecule has 0 radical (unpaired) electrons. The van der Waals surface area contributed by atoms with Crippen molar-refractivity contribution < 1.29 is 29.3 Å². The molecule has 8 rings (SSSR count). The zero-order chi connectivity index (χ0) is 32.3. The number of aliphatic hydroxyl groups is 2. The van der Waals surface area contributed by atoms with Gasteiger partial charge >= 0.3 is 0 Å². The normalized spacial score (nSPS) is 44.4. The molecule has 0 amide bonds. The molecule has 2 saturated heterocycles. The fourth-order valence-electron chi connectivity index (χ4n) is 12.4. The van der Waals surface area contributed by atoms with Gasteiger partial charge in [-0.05, 0) is 121 Å². The highest BCUT2D eigenvalue weighted by molar-refractivity contribution is 6.06. The lowest BCUT2D eigenvalue weighted by Crippen LogP contribution is -2.70. The number of aldehydes is 1. The molecule has 7 nitrogen and oxygen atoms in total. The number of ketones is 1. The first-order valence-electron chi connectivity index (χ1n) is 17.4. The average Bonchev–Trinajstić information content (AvgIpc) is 3.52. The number of ether oxygens (including phenoxy) is 2. The van der Waals surface area contributed by atoms with E-state index in [0.29, 0.717) is 12.3 Å². The fourth-order valence-corrected chi connectivity index (χ4v) is 12.4. The zero-order valence-electron chi connectivity index (χ0n) is 28.3. The Balaban J connectivity index is 1.24. The number of carbonyl (C=O) groups excluding carboxylic acids is 2. The molecule has 1 aromatic heterocycles. The number of nitrogens with one attached hydrogen (secondary N) is 1. The monoisotopic (exact) mass is 617 g/mol. The van der Waals surface area contributed by atoms with Crippen molar-refractivity contribution in [2.45, 2.75) is 141 Å². The van der Waals surface area contributed by atoms with E-state index in [0.717, 1.165) is 49.5 Å². The van der Waals surface area contributed by atoms with Gasteiger partial charge in [0.2, 0.25) is 0 Å². The first-order chi connectivity index (χ1) is 20.9. The molecule has 2 saturated carbocycles. The van der Waals surface area contributed by atoms with E-state index in [2.05, 4.69) is 52.6 Å². The summed E-state index contributed by atoms with van der Waals surface area (Å²) in [7, 11) is 0. The molecule has 0 spiro atoms. The summed E-state index contributed by atoms with van der Waals surface area (Å²) >= 11 is 0. The highest BCUT2D eigenvalue weighted by atomic mass is 16.5. The van der Waals surface area contributed by atoms with Crippen molar-refractivity contribution in [1.82, 2.24) is 4.98 Å². The number of rotatable bonds is 2. The molecule has 4 aliphatic carbocycles. The van der Waals surface area contributed by atoms with Gasteiger partial charge in [0.25, 0.3) is 0 Å². The molecule has 7 heteroatoms. The Hall–Kier alpha value is -2.06. The summed E-state index contributed by atoms with van der Waals surface area (Å²) < 4.78 is 13.1. The molecule has 10 unspecified atom stereocenters. The molecular formula is C38H51NO6. The molecular weight excluding hydrogens is 566 g/mol. The summed E-state index contributed by atoms with van der Waals surface area (Å²) in [6.07, 6.45) is 4.65. The molecule has 244 valence electrons. The predicted octanol–water partition coefficient (Wildman–Crippen LogP) is 5.84. The Kier molecular flexibility index (Phi) is 5.98. The van der Waals surface area contributed by atoms with Crippen LogP contribution in [0, 0.1) is 34.5 Å². The summed E-state index contributed by atoms with van der Waals surface area (Å²) in [5.74, 6) is 0.535. The van der Waals surface area contributed by atoms with Crippen LogP contribution < -0.4 is 0 Å². The minimum absolute atomic E-state index is 0.0486. The number of hydrogen-bond donors (Lipinski definition) is 3. The van der Waals surface area contributed by atoms with Crippen LogP contribution in [0.4, 0.5) is 0 Å². The lowest BCUT2D eigenvalue weighted by Gasteiger charge is -2.67. The lowest BCUT2D eigenvalue weighted by atomic mass is 9.39. The minimum atomic E-state index is -1.10. The number of H-pyrrole nitrogens is 1. The zero-order valence-corrected chi connectivity index (χ0v) is 28.3. The maximum Gasteiger partial charge on any atom is 0.169 e. The number of Topliss-reactive ketones (excluding diaryl/α,β-unsaturated/α-hetero) is 1. The molecule has 0 bridgehead atoms. The highest BCUT2D eigenvalue weighted by Crippen LogP contribution is 2.71. The van der Waals surface area contributed by atoms with Gasteiger partial charge in [-0.25, -0.2) is 0 Å². The van der Waals surface area contributed by atoms with E-state index in [-0.39, 0.29) is 40.8 Å². The van der Waals surface area contributed by atoms with E-state index in [4.69, 9.17) is 9.47 Å². The van der Waals surface area contributed by atoms with Crippen molar-refractivity contribution in [3.63, 3.8) is 0 Å². The van der Waals surface area contributed by atoms with Gasteiger partial charge in [-0.2, -0.15) is 0 Å². The Labute approximate surface area is 266 Å². The van der Waals surface area contributed by atoms with E-state index >= 15 is 0 Å². The maximum absolute atomic E-state index is 14.2. The van der Waals surface area contributed by atoms with Crippen molar-refractivity contribution in [2.75, 3.05) is 0 Å². The summed E-state index contributed by atoms with van der Waals surface area (Å²) in [5.41, 5.74) is 2.27. The Morgan fingerprint density at radius 2 is 1.73 bits per heavy atom. The molecule has 3 N–H and O–H groups in total. The van der Waals surface area contributed by atoms with E-state index < -0.39 is 40.5 Å². The Morgan fingerprint density at radius 1 is 1.00 bits per heavy atom. The molecule has 1 aromatic carbocycles. The van der Waals surface area contributed by atoms with Crippen LogP contribution in [0.1, 0.15) is 115 Å². The fraction of sp³-hybridized carbons (Fsp3) is 0.737. The number of benzene rings is 1. The first kappa shape index (κ1) is 30.3. The summed E-state index contributed by atoms with van der Waals surface area (Å²) in [5, 5.41) is 23.8. The van der Waals surface area contributed by atoms with E-state index in [1.165, 1.54) is 22.2 Å². The van der Waals surface area contributed by atoms with Crippen LogP contribution in [0.2, 0.25) is 0 Å². The van der Waals surface area contributed by atoms with Crippen molar-refractivity contribution >= 4 is 23.0 Å². The third-order valence-corrected chi connectivity index (χ3v) is 14.7. The Morgan fingerprint density at radius 3 is 2.42 bits per heavy atom. The summed E-state index contributed by atoms with van der Waals surface area (Å²) in [6, 6.07) is 4.15. The van der Waals surface area contributed by atoms with Crippen molar-refractivity contribution in [3.05, 3.63) is 34.5 Å². The third kappa shape index (κ3) is 3.52.